The lowest BCUT2D eigenvalue weighted by atomic mass is 10.1. The van der Waals surface area contributed by atoms with E-state index < -0.39 is 0 Å². The monoisotopic (exact) mass is 162 g/mol. The summed E-state index contributed by atoms with van der Waals surface area (Å²) in [5.41, 5.74) is 4.09. The van der Waals surface area contributed by atoms with Crippen molar-refractivity contribution in [2.45, 2.75) is 19.3 Å². The van der Waals surface area contributed by atoms with Crippen LogP contribution in [0.2, 0.25) is 0 Å². The zero-order chi connectivity index (χ0) is 8.39. The Morgan fingerprint density at radius 1 is 1.42 bits per heavy atom. The number of hydrogen-bond donors (Lipinski definition) is 2. The molecule has 0 saturated heterocycles. The molecule has 0 unspecified atom stereocenters. The number of nitrogens with one attached hydrogen (secondary N) is 2. The van der Waals surface area contributed by atoms with Gasteiger partial charge in [0.2, 0.25) is 0 Å². The average molecular weight is 162 g/mol. The first-order valence-electron chi connectivity index (χ1n) is 4.43. The highest BCUT2D eigenvalue weighted by atomic mass is 14.9. The van der Waals surface area contributed by atoms with Crippen LogP contribution >= 0.6 is 0 Å². The molecule has 0 fully saturated rings. The lowest BCUT2D eigenvalue weighted by Crippen LogP contribution is -1.93. The van der Waals surface area contributed by atoms with Crippen molar-refractivity contribution < 1.29 is 0 Å². The highest BCUT2D eigenvalue weighted by Crippen LogP contribution is 2.23. The van der Waals surface area contributed by atoms with Gasteiger partial charge in [-0.15, -0.1) is 0 Å². The molecule has 0 amide bonds. The molecule has 64 valence electrons. The maximum Gasteiger partial charge on any atom is 0.0550 e. The summed E-state index contributed by atoms with van der Waals surface area (Å²) >= 11 is 0. The Morgan fingerprint density at radius 3 is 3.17 bits per heavy atom. The summed E-state index contributed by atoms with van der Waals surface area (Å²) < 4.78 is 0. The lowest BCUT2D eigenvalue weighted by molar-refractivity contribution is 0.999. The van der Waals surface area contributed by atoms with Crippen LogP contribution in [0.15, 0.2) is 18.3 Å². The van der Waals surface area contributed by atoms with Gasteiger partial charge in [0.05, 0.1) is 5.69 Å². The van der Waals surface area contributed by atoms with Gasteiger partial charge in [-0.3, -0.25) is 0 Å². The van der Waals surface area contributed by atoms with E-state index in [-0.39, 0.29) is 0 Å². The first-order valence-corrected chi connectivity index (χ1v) is 4.43. The first kappa shape index (κ1) is 7.47. The molecule has 2 rings (SSSR count). The van der Waals surface area contributed by atoms with Crippen LogP contribution in [0.3, 0.4) is 0 Å². The molecular weight excluding hydrogens is 148 g/mol. The number of hydrogen-bond acceptors (Lipinski definition) is 1. The largest absolute Gasteiger partial charge is 0.387 e. The van der Waals surface area contributed by atoms with Crippen molar-refractivity contribution in [3.8, 4) is 0 Å². The van der Waals surface area contributed by atoms with Gasteiger partial charge in [-0.25, -0.2) is 0 Å². The molecule has 0 saturated carbocycles. The standard InChI is InChI=1S/C10H14N2/c1-11-10-7-12-9-6-4-2-3-5-8(9)10/h2,4,7,11-12H,3,5-6H2,1H3. The number of rotatable bonds is 1. The summed E-state index contributed by atoms with van der Waals surface area (Å²) in [4.78, 5) is 3.30. The third-order valence-electron chi connectivity index (χ3n) is 2.40. The van der Waals surface area contributed by atoms with Crippen LogP contribution in [0.1, 0.15) is 17.7 Å². The number of allylic oxidation sites excluding steroid dienone is 2. The zero-order valence-electron chi connectivity index (χ0n) is 7.35. The van der Waals surface area contributed by atoms with Gasteiger partial charge in [-0.05, 0) is 18.4 Å². The van der Waals surface area contributed by atoms with Gasteiger partial charge in [0.15, 0.2) is 0 Å². The van der Waals surface area contributed by atoms with Crippen molar-refractivity contribution >= 4 is 5.69 Å². The summed E-state index contributed by atoms with van der Waals surface area (Å²) in [7, 11) is 1.97. The van der Waals surface area contributed by atoms with Crippen molar-refractivity contribution in [1.82, 2.24) is 4.98 Å². The Labute approximate surface area is 72.7 Å². The third-order valence-corrected chi connectivity index (χ3v) is 2.40. The molecule has 2 N–H and O–H groups in total. The molecule has 1 aromatic heterocycles. The van der Waals surface area contributed by atoms with E-state index >= 15 is 0 Å². The minimum Gasteiger partial charge on any atom is -0.387 e. The van der Waals surface area contributed by atoms with Crippen LogP contribution < -0.4 is 5.32 Å². The topological polar surface area (TPSA) is 27.8 Å². The van der Waals surface area contributed by atoms with E-state index in [4.69, 9.17) is 0 Å². The summed E-state index contributed by atoms with van der Waals surface area (Å²) in [5.74, 6) is 0. The molecule has 0 spiro atoms. The molecule has 1 aromatic rings. The molecule has 0 radical (unpaired) electrons. The number of fused-ring (bicyclic) bond motifs is 1. The second-order valence-corrected chi connectivity index (χ2v) is 3.12. The maximum absolute atomic E-state index is 3.30. The second-order valence-electron chi connectivity index (χ2n) is 3.12. The van der Waals surface area contributed by atoms with Crippen molar-refractivity contribution in [1.29, 1.82) is 0 Å². The fraction of sp³-hybridized carbons (Fsp3) is 0.400. The molecule has 12 heavy (non-hydrogen) atoms. The Morgan fingerprint density at radius 2 is 2.33 bits per heavy atom. The molecule has 1 aliphatic rings. The average Bonchev–Trinajstić information content (AvgIpc) is 2.33. The molecule has 0 bridgehead atoms. The van der Waals surface area contributed by atoms with Gasteiger partial charge in [-0.1, -0.05) is 12.2 Å². The minimum atomic E-state index is 1.05. The molecular formula is C10H14N2. The Bertz CT molecular complexity index is 297. The van der Waals surface area contributed by atoms with Gasteiger partial charge in [0.25, 0.3) is 0 Å². The molecule has 1 aliphatic carbocycles. The van der Waals surface area contributed by atoms with E-state index in [9.17, 15) is 0 Å². The van der Waals surface area contributed by atoms with Crippen molar-refractivity contribution in [2.75, 3.05) is 12.4 Å². The summed E-state index contributed by atoms with van der Waals surface area (Å²) in [5, 5.41) is 3.20. The molecule has 2 nitrogen and oxygen atoms in total. The van der Waals surface area contributed by atoms with Crippen molar-refractivity contribution in [3.63, 3.8) is 0 Å². The van der Waals surface area contributed by atoms with Crippen LogP contribution in [0.4, 0.5) is 5.69 Å². The molecule has 2 heteroatoms. The van der Waals surface area contributed by atoms with Gasteiger partial charge in [0, 0.05) is 25.4 Å². The highest BCUT2D eigenvalue weighted by Gasteiger charge is 2.09. The predicted octanol–water partition coefficient (Wildman–Crippen LogP) is 2.10. The SMILES string of the molecule is CNc1c[nH]c2c1CCC=CC2. The number of H-pyrrole nitrogens is 1. The van der Waals surface area contributed by atoms with E-state index in [1.54, 1.807) is 0 Å². The summed E-state index contributed by atoms with van der Waals surface area (Å²) in [6.45, 7) is 0. The van der Waals surface area contributed by atoms with Crippen LogP contribution in [-0.2, 0) is 12.8 Å². The lowest BCUT2D eigenvalue weighted by Gasteiger charge is -2.01. The Kier molecular flexibility index (Phi) is 1.90. The van der Waals surface area contributed by atoms with Crippen LogP contribution in [0.25, 0.3) is 0 Å². The number of anilines is 1. The normalized spacial score (nSPS) is 15.4. The van der Waals surface area contributed by atoms with Gasteiger partial charge < -0.3 is 10.3 Å². The number of aromatic amines is 1. The Hall–Kier alpha value is -1.18. The highest BCUT2D eigenvalue weighted by molar-refractivity contribution is 5.53. The summed E-state index contributed by atoms with van der Waals surface area (Å²) in [6, 6.07) is 0. The van der Waals surface area contributed by atoms with Crippen LogP contribution in [-0.4, -0.2) is 12.0 Å². The van der Waals surface area contributed by atoms with Crippen molar-refractivity contribution in [3.05, 3.63) is 29.6 Å². The third kappa shape index (κ3) is 1.13. The first-order chi connectivity index (χ1) is 5.92. The summed E-state index contributed by atoms with van der Waals surface area (Å²) in [6.07, 6.45) is 9.93. The molecule has 0 aliphatic heterocycles. The van der Waals surface area contributed by atoms with E-state index in [0.717, 1.165) is 12.8 Å². The van der Waals surface area contributed by atoms with Crippen LogP contribution in [0.5, 0.6) is 0 Å². The minimum absolute atomic E-state index is 1.05. The van der Waals surface area contributed by atoms with E-state index in [1.807, 2.05) is 7.05 Å². The molecule has 0 aromatic carbocycles. The van der Waals surface area contributed by atoms with E-state index in [1.165, 1.54) is 23.4 Å². The maximum atomic E-state index is 3.30. The molecule has 0 atom stereocenters. The fourth-order valence-corrected chi connectivity index (χ4v) is 1.73. The Balaban J connectivity index is 2.37. The second kappa shape index (κ2) is 3.05. The fourth-order valence-electron chi connectivity index (χ4n) is 1.73. The zero-order valence-corrected chi connectivity index (χ0v) is 7.35. The van der Waals surface area contributed by atoms with Crippen LogP contribution in [0, 0.1) is 0 Å². The van der Waals surface area contributed by atoms with Gasteiger partial charge in [0.1, 0.15) is 0 Å². The predicted molar refractivity (Wildman–Crippen MR) is 51.5 cm³/mol. The molecule has 1 heterocycles. The van der Waals surface area contributed by atoms with E-state index in [0.29, 0.717) is 0 Å². The van der Waals surface area contributed by atoms with Gasteiger partial charge in [-0.2, -0.15) is 0 Å². The van der Waals surface area contributed by atoms with E-state index in [2.05, 4.69) is 28.6 Å². The smallest absolute Gasteiger partial charge is 0.0550 e. The quantitative estimate of drug-likeness (QED) is 0.608. The van der Waals surface area contributed by atoms with Gasteiger partial charge >= 0.3 is 0 Å². The number of aromatic nitrogens is 1. The van der Waals surface area contributed by atoms with Crippen molar-refractivity contribution in [2.24, 2.45) is 0 Å².